The van der Waals surface area contributed by atoms with Gasteiger partial charge >= 0.3 is 10.2 Å². The number of hydrogen-bond donors (Lipinski definition) is 2. The second-order valence-corrected chi connectivity index (χ2v) is 7.62. The molecule has 0 bridgehead atoms. The molecule has 3 N–H and O–H groups in total. The predicted octanol–water partition coefficient (Wildman–Crippen LogP) is 2.21. The minimum Gasteiger partial charge on any atom is -0.399 e. The van der Waals surface area contributed by atoms with E-state index in [0.717, 1.165) is 12.0 Å². The van der Waals surface area contributed by atoms with Crippen LogP contribution in [0.1, 0.15) is 25.8 Å². The molecule has 0 radical (unpaired) electrons. The fraction of sp³-hybridized carbons (Fsp3) is 0.571. The SMILES string of the molecule is Cc1ccc(N)cc1NS(=O)(=O)N1CC(C)CC(C)C1. The first-order valence-corrected chi connectivity index (χ1v) is 8.36. The molecule has 0 amide bonds. The predicted molar refractivity (Wildman–Crippen MR) is 82.7 cm³/mol. The summed E-state index contributed by atoms with van der Waals surface area (Å²) in [6.07, 6.45) is 1.07. The summed E-state index contributed by atoms with van der Waals surface area (Å²) in [4.78, 5) is 0. The van der Waals surface area contributed by atoms with Gasteiger partial charge in [-0.05, 0) is 42.9 Å². The lowest BCUT2D eigenvalue weighted by atomic mass is 9.94. The second kappa shape index (κ2) is 5.61. The molecule has 1 aromatic carbocycles. The summed E-state index contributed by atoms with van der Waals surface area (Å²) in [7, 11) is -3.51. The molecule has 0 aliphatic carbocycles. The number of nitrogens with two attached hydrogens (primary N) is 1. The molecule has 2 atom stereocenters. The Morgan fingerprint density at radius 1 is 1.25 bits per heavy atom. The van der Waals surface area contributed by atoms with Crippen molar-refractivity contribution in [1.82, 2.24) is 4.31 Å². The van der Waals surface area contributed by atoms with Crippen molar-refractivity contribution in [3.63, 3.8) is 0 Å². The van der Waals surface area contributed by atoms with E-state index in [0.29, 0.717) is 36.3 Å². The van der Waals surface area contributed by atoms with E-state index < -0.39 is 10.2 Å². The van der Waals surface area contributed by atoms with Gasteiger partial charge in [0, 0.05) is 18.8 Å². The van der Waals surface area contributed by atoms with Crippen molar-refractivity contribution in [3.8, 4) is 0 Å². The van der Waals surface area contributed by atoms with Gasteiger partial charge in [-0.1, -0.05) is 19.9 Å². The molecular formula is C14H23N3O2S. The summed E-state index contributed by atoms with van der Waals surface area (Å²) in [5.74, 6) is 0.773. The maximum Gasteiger partial charge on any atom is 0.301 e. The number of hydrogen-bond acceptors (Lipinski definition) is 3. The largest absolute Gasteiger partial charge is 0.399 e. The van der Waals surface area contributed by atoms with E-state index in [9.17, 15) is 8.42 Å². The minimum atomic E-state index is -3.51. The van der Waals surface area contributed by atoms with Gasteiger partial charge in [0.05, 0.1) is 5.69 Å². The number of piperidine rings is 1. The Morgan fingerprint density at radius 3 is 2.45 bits per heavy atom. The maximum absolute atomic E-state index is 12.5. The molecule has 20 heavy (non-hydrogen) atoms. The molecule has 112 valence electrons. The van der Waals surface area contributed by atoms with Crippen molar-refractivity contribution in [2.24, 2.45) is 11.8 Å². The van der Waals surface area contributed by atoms with Crippen LogP contribution < -0.4 is 10.5 Å². The lowest BCUT2D eigenvalue weighted by molar-refractivity contribution is 0.223. The van der Waals surface area contributed by atoms with Gasteiger partial charge in [0.15, 0.2) is 0 Å². The summed E-state index contributed by atoms with van der Waals surface area (Å²) in [6.45, 7) is 7.18. The third kappa shape index (κ3) is 3.43. The van der Waals surface area contributed by atoms with Crippen LogP contribution in [0.25, 0.3) is 0 Å². The van der Waals surface area contributed by atoms with Crippen molar-refractivity contribution in [2.45, 2.75) is 27.2 Å². The van der Waals surface area contributed by atoms with Crippen LogP contribution in [0.4, 0.5) is 11.4 Å². The van der Waals surface area contributed by atoms with E-state index in [-0.39, 0.29) is 0 Å². The Bertz CT molecular complexity index is 576. The first kappa shape index (κ1) is 15.1. The van der Waals surface area contributed by atoms with Crippen LogP contribution in [-0.4, -0.2) is 25.8 Å². The van der Waals surface area contributed by atoms with Crippen molar-refractivity contribution in [2.75, 3.05) is 23.5 Å². The van der Waals surface area contributed by atoms with Gasteiger partial charge in [0.1, 0.15) is 0 Å². The molecule has 5 nitrogen and oxygen atoms in total. The standard InChI is InChI=1S/C14H23N3O2S/c1-10-6-11(2)9-17(8-10)20(18,19)16-14-7-13(15)5-4-12(14)3/h4-5,7,10-11,16H,6,8-9,15H2,1-3H3. The monoisotopic (exact) mass is 297 g/mol. The lowest BCUT2D eigenvalue weighted by Crippen LogP contribution is -2.45. The van der Waals surface area contributed by atoms with Crippen LogP contribution in [0.3, 0.4) is 0 Å². The van der Waals surface area contributed by atoms with Gasteiger partial charge in [0.25, 0.3) is 0 Å². The number of rotatable bonds is 3. The van der Waals surface area contributed by atoms with Gasteiger partial charge in [-0.15, -0.1) is 0 Å². The van der Waals surface area contributed by atoms with E-state index in [1.165, 1.54) is 4.31 Å². The van der Waals surface area contributed by atoms with Crippen LogP contribution in [0.2, 0.25) is 0 Å². The number of anilines is 2. The zero-order valence-electron chi connectivity index (χ0n) is 12.3. The van der Waals surface area contributed by atoms with Crippen LogP contribution in [0.15, 0.2) is 18.2 Å². The fourth-order valence-corrected chi connectivity index (χ4v) is 4.28. The first-order chi connectivity index (χ1) is 9.28. The van der Waals surface area contributed by atoms with Gasteiger partial charge in [-0.25, -0.2) is 0 Å². The topological polar surface area (TPSA) is 75.4 Å². The Labute approximate surface area is 121 Å². The van der Waals surface area contributed by atoms with Crippen molar-refractivity contribution < 1.29 is 8.42 Å². The van der Waals surface area contributed by atoms with E-state index in [4.69, 9.17) is 5.73 Å². The molecule has 1 saturated heterocycles. The summed E-state index contributed by atoms with van der Waals surface area (Å²) in [5, 5.41) is 0. The highest BCUT2D eigenvalue weighted by Gasteiger charge is 2.30. The Balaban J connectivity index is 2.20. The normalized spacial score (nSPS) is 24.6. The molecule has 2 unspecified atom stereocenters. The highest BCUT2D eigenvalue weighted by Crippen LogP contribution is 2.25. The van der Waals surface area contributed by atoms with Crippen molar-refractivity contribution in [1.29, 1.82) is 0 Å². The summed E-state index contributed by atoms with van der Waals surface area (Å²) >= 11 is 0. The number of nitrogens with zero attached hydrogens (tertiary/aromatic N) is 1. The number of nitrogens with one attached hydrogen (secondary N) is 1. The lowest BCUT2D eigenvalue weighted by Gasteiger charge is -2.34. The molecule has 1 aliphatic rings. The van der Waals surface area contributed by atoms with E-state index in [1.807, 2.05) is 13.0 Å². The number of benzene rings is 1. The van der Waals surface area contributed by atoms with Crippen molar-refractivity contribution in [3.05, 3.63) is 23.8 Å². The number of nitrogen functional groups attached to an aromatic ring is 1. The molecule has 2 rings (SSSR count). The molecule has 1 aromatic rings. The van der Waals surface area contributed by atoms with E-state index >= 15 is 0 Å². The minimum absolute atomic E-state index is 0.386. The van der Waals surface area contributed by atoms with E-state index in [1.54, 1.807) is 12.1 Å². The molecule has 0 saturated carbocycles. The van der Waals surface area contributed by atoms with Crippen molar-refractivity contribution >= 4 is 21.6 Å². The smallest absolute Gasteiger partial charge is 0.301 e. The molecule has 0 aromatic heterocycles. The highest BCUT2D eigenvalue weighted by atomic mass is 32.2. The average Bonchev–Trinajstić information content (AvgIpc) is 2.32. The summed E-state index contributed by atoms with van der Waals surface area (Å²) < 4.78 is 29.2. The molecule has 0 spiro atoms. The Morgan fingerprint density at radius 2 is 1.85 bits per heavy atom. The fourth-order valence-electron chi connectivity index (χ4n) is 2.76. The molecule has 6 heteroatoms. The third-order valence-corrected chi connectivity index (χ3v) is 5.13. The maximum atomic E-state index is 12.5. The van der Waals surface area contributed by atoms with Crippen LogP contribution in [0, 0.1) is 18.8 Å². The highest BCUT2D eigenvalue weighted by molar-refractivity contribution is 7.90. The quantitative estimate of drug-likeness (QED) is 0.840. The van der Waals surface area contributed by atoms with Gasteiger partial charge < -0.3 is 5.73 Å². The first-order valence-electron chi connectivity index (χ1n) is 6.92. The van der Waals surface area contributed by atoms with Crippen LogP contribution >= 0.6 is 0 Å². The molecule has 1 heterocycles. The van der Waals surface area contributed by atoms with Crippen LogP contribution in [0.5, 0.6) is 0 Å². The molecule has 1 fully saturated rings. The zero-order valence-corrected chi connectivity index (χ0v) is 13.1. The Kier molecular flexibility index (Phi) is 4.25. The van der Waals surface area contributed by atoms with Crippen LogP contribution in [-0.2, 0) is 10.2 Å². The number of aryl methyl sites for hydroxylation is 1. The van der Waals surface area contributed by atoms with Gasteiger partial charge in [-0.2, -0.15) is 12.7 Å². The zero-order chi connectivity index (χ0) is 14.9. The van der Waals surface area contributed by atoms with Gasteiger partial charge in [-0.3, -0.25) is 4.72 Å². The van der Waals surface area contributed by atoms with E-state index in [2.05, 4.69) is 18.6 Å². The average molecular weight is 297 g/mol. The summed E-state index contributed by atoms with van der Waals surface area (Å²) in [5.41, 5.74) is 7.68. The molecule has 1 aliphatic heterocycles. The summed E-state index contributed by atoms with van der Waals surface area (Å²) in [6, 6.07) is 5.23. The molecular weight excluding hydrogens is 274 g/mol. The third-order valence-electron chi connectivity index (χ3n) is 3.68. The second-order valence-electron chi connectivity index (χ2n) is 5.94. The van der Waals surface area contributed by atoms with Gasteiger partial charge in [0.2, 0.25) is 0 Å². The Hall–Kier alpha value is -1.27.